The van der Waals surface area contributed by atoms with E-state index in [0.717, 1.165) is 19.3 Å². The largest absolute Gasteiger partial charge is 0.444 e. The van der Waals surface area contributed by atoms with Crippen LogP contribution in [-0.4, -0.2) is 74.2 Å². The molecular formula is C18H35IN4O4S. The lowest BCUT2D eigenvalue weighted by atomic mass is 10.0. The number of carbonyl (C=O) groups is 1. The maximum absolute atomic E-state index is 12.5. The van der Waals surface area contributed by atoms with Gasteiger partial charge in [-0.1, -0.05) is 0 Å². The summed E-state index contributed by atoms with van der Waals surface area (Å²) in [6.07, 6.45) is 3.23. The number of amides is 1. The van der Waals surface area contributed by atoms with Crippen LogP contribution < -0.4 is 10.6 Å². The first kappa shape index (κ1) is 25.3. The Kier molecular flexibility index (Phi) is 9.78. The Morgan fingerprint density at radius 2 is 1.96 bits per heavy atom. The van der Waals surface area contributed by atoms with E-state index in [-0.39, 0.29) is 53.7 Å². The van der Waals surface area contributed by atoms with E-state index in [0.29, 0.717) is 32.0 Å². The molecule has 0 aliphatic carbocycles. The molecule has 28 heavy (non-hydrogen) atoms. The van der Waals surface area contributed by atoms with Crippen molar-refractivity contribution in [3.63, 3.8) is 0 Å². The van der Waals surface area contributed by atoms with Crippen LogP contribution in [0.4, 0.5) is 4.79 Å². The molecule has 2 aliphatic rings. The average Bonchev–Trinajstić information content (AvgIpc) is 2.90. The molecule has 0 aromatic heterocycles. The van der Waals surface area contributed by atoms with Gasteiger partial charge in [-0.15, -0.1) is 24.0 Å². The predicted octanol–water partition coefficient (Wildman–Crippen LogP) is 2.14. The molecule has 2 unspecified atom stereocenters. The summed E-state index contributed by atoms with van der Waals surface area (Å²) in [5.74, 6) is 0.971. The van der Waals surface area contributed by atoms with E-state index in [1.165, 1.54) is 0 Å². The number of ether oxygens (including phenoxy) is 1. The number of halogens is 1. The minimum Gasteiger partial charge on any atom is -0.444 e. The summed E-state index contributed by atoms with van der Waals surface area (Å²) in [6.45, 7) is 9.40. The summed E-state index contributed by atoms with van der Waals surface area (Å²) in [4.78, 5) is 18.9. The summed E-state index contributed by atoms with van der Waals surface area (Å²) >= 11 is 0. The first-order valence-corrected chi connectivity index (χ1v) is 11.7. The molecule has 0 aromatic carbocycles. The van der Waals surface area contributed by atoms with Crippen LogP contribution >= 0.6 is 24.0 Å². The van der Waals surface area contributed by atoms with Gasteiger partial charge in [0.1, 0.15) is 5.60 Å². The number of hydrogen-bond acceptors (Lipinski definition) is 5. The zero-order chi connectivity index (χ0) is 20.1. The summed E-state index contributed by atoms with van der Waals surface area (Å²) in [6, 6.07) is -0.113. The van der Waals surface area contributed by atoms with Gasteiger partial charge in [-0.25, -0.2) is 13.2 Å². The molecule has 2 aliphatic heterocycles. The molecule has 2 rings (SSSR count). The van der Waals surface area contributed by atoms with Crippen molar-refractivity contribution in [2.24, 2.45) is 4.99 Å². The first-order valence-electron chi connectivity index (χ1n) is 9.84. The van der Waals surface area contributed by atoms with Crippen molar-refractivity contribution in [1.82, 2.24) is 15.5 Å². The monoisotopic (exact) mass is 530 g/mol. The van der Waals surface area contributed by atoms with Crippen LogP contribution in [0.2, 0.25) is 0 Å². The zero-order valence-electron chi connectivity index (χ0n) is 17.4. The molecule has 0 spiro atoms. The lowest BCUT2D eigenvalue weighted by Gasteiger charge is -2.36. The van der Waals surface area contributed by atoms with Crippen LogP contribution in [0.25, 0.3) is 0 Å². The van der Waals surface area contributed by atoms with Gasteiger partial charge in [0.05, 0.1) is 24.1 Å². The highest BCUT2D eigenvalue weighted by atomic mass is 127. The van der Waals surface area contributed by atoms with Crippen molar-refractivity contribution in [2.45, 2.75) is 71.1 Å². The van der Waals surface area contributed by atoms with E-state index in [2.05, 4.69) is 15.6 Å². The highest BCUT2D eigenvalue weighted by molar-refractivity contribution is 14.0. The zero-order valence-corrected chi connectivity index (χ0v) is 20.5. The molecule has 0 aromatic rings. The number of piperidine rings is 1. The predicted molar refractivity (Wildman–Crippen MR) is 122 cm³/mol. The fourth-order valence-electron chi connectivity index (χ4n) is 3.37. The normalized spacial score (nSPS) is 25.0. The SMILES string of the molecule is CCNC(=NCC1CCCCN1C(=O)OC(C)(C)C)NC1CCS(=O)(=O)C1.I. The van der Waals surface area contributed by atoms with Gasteiger partial charge >= 0.3 is 6.09 Å². The number of aliphatic imine (C=N–C) groups is 1. The molecule has 0 saturated carbocycles. The van der Waals surface area contributed by atoms with Gasteiger partial charge in [0.15, 0.2) is 15.8 Å². The number of nitrogens with zero attached hydrogens (tertiary/aromatic N) is 2. The molecule has 1 amide bonds. The number of likely N-dealkylation sites (tertiary alicyclic amines) is 1. The van der Waals surface area contributed by atoms with E-state index in [1.54, 1.807) is 4.90 Å². The fourth-order valence-corrected chi connectivity index (χ4v) is 5.04. The second-order valence-corrected chi connectivity index (χ2v) is 10.5. The van der Waals surface area contributed by atoms with Crippen molar-refractivity contribution in [3.8, 4) is 0 Å². The van der Waals surface area contributed by atoms with Crippen LogP contribution in [0.3, 0.4) is 0 Å². The lowest BCUT2D eigenvalue weighted by molar-refractivity contribution is 0.0109. The first-order chi connectivity index (χ1) is 12.6. The van der Waals surface area contributed by atoms with Crippen molar-refractivity contribution < 1.29 is 17.9 Å². The smallest absolute Gasteiger partial charge is 0.410 e. The summed E-state index contributed by atoms with van der Waals surface area (Å²) in [5, 5.41) is 6.39. The highest BCUT2D eigenvalue weighted by Crippen LogP contribution is 2.20. The van der Waals surface area contributed by atoms with Gasteiger partial charge in [0.25, 0.3) is 0 Å². The second-order valence-electron chi connectivity index (χ2n) is 8.29. The van der Waals surface area contributed by atoms with Gasteiger partial charge in [0.2, 0.25) is 0 Å². The van der Waals surface area contributed by atoms with E-state index >= 15 is 0 Å². The van der Waals surface area contributed by atoms with Crippen molar-refractivity contribution in [1.29, 1.82) is 0 Å². The molecule has 2 saturated heterocycles. The Morgan fingerprint density at radius 3 is 2.54 bits per heavy atom. The summed E-state index contributed by atoms with van der Waals surface area (Å²) < 4.78 is 28.9. The van der Waals surface area contributed by atoms with Crippen LogP contribution in [0.15, 0.2) is 4.99 Å². The molecule has 2 atom stereocenters. The van der Waals surface area contributed by atoms with Crippen LogP contribution in [0.5, 0.6) is 0 Å². The maximum Gasteiger partial charge on any atom is 0.410 e. The third-order valence-electron chi connectivity index (χ3n) is 4.63. The van der Waals surface area contributed by atoms with E-state index in [4.69, 9.17) is 4.74 Å². The topological polar surface area (TPSA) is 100 Å². The van der Waals surface area contributed by atoms with Gasteiger partial charge in [-0.05, 0) is 53.4 Å². The van der Waals surface area contributed by atoms with E-state index in [1.807, 2.05) is 27.7 Å². The third kappa shape index (κ3) is 8.30. The molecule has 2 N–H and O–H groups in total. The van der Waals surface area contributed by atoms with E-state index in [9.17, 15) is 13.2 Å². The maximum atomic E-state index is 12.5. The number of hydrogen-bond donors (Lipinski definition) is 2. The van der Waals surface area contributed by atoms with Gasteiger partial charge in [0, 0.05) is 19.1 Å². The van der Waals surface area contributed by atoms with Crippen molar-refractivity contribution >= 4 is 45.9 Å². The molecule has 8 nitrogen and oxygen atoms in total. The summed E-state index contributed by atoms with van der Waals surface area (Å²) in [7, 11) is -2.94. The van der Waals surface area contributed by atoms with Gasteiger partial charge in [-0.2, -0.15) is 0 Å². The summed E-state index contributed by atoms with van der Waals surface area (Å²) in [5.41, 5.74) is -0.521. The number of nitrogens with one attached hydrogen (secondary N) is 2. The minimum absolute atomic E-state index is 0. The van der Waals surface area contributed by atoms with Crippen LogP contribution in [-0.2, 0) is 14.6 Å². The standard InChI is InChI=1S/C18H34N4O4S.HI/c1-5-19-16(21-14-9-11-27(24,25)13-14)20-12-15-8-6-7-10-22(15)17(23)26-18(2,3)4;/h14-15H,5-13H2,1-4H3,(H2,19,20,21);1H. The van der Waals surface area contributed by atoms with Gasteiger partial charge < -0.3 is 20.3 Å². The van der Waals surface area contributed by atoms with Crippen LogP contribution in [0.1, 0.15) is 53.4 Å². The van der Waals surface area contributed by atoms with E-state index < -0.39 is 15.4 Å². The average molecular weight is 530 g/mol. The minimum atomic E-state index is -2.94. The molecule has 10 heteroatoms. The molecule has 2 heterocycles. The third-order valence-corrected chi connectivity index (χ3v) is 6.40. The molecule has 2 fully saturated rings. The quantitative estimate of drug-likeness (QED) is 0.328. The second kappa shape index (κ2) is 10.8. The number of sulfone groups is 1. The Hall–Kier alpha value is -0.780. The van der Waals surface area contributed by atoms with Crippen LogP contribution in [0, 0.1) is 0 Å². The Balaban J connectivity index is 0.00000392. The molecule has 0 radical (unpaired) electrons. The van der Waals surface area contributed by atoms with Crippen molar-refractivity contribution in [3.05, 3.63) is 0 Å². The number of guanidine groups is 1. The number of carbonyl (C=O) groups excluding carboxylic acids is 1. The number of rotatable bonds is 4. The highest BCUT2D eigenvalue weighted by Gasteiger charge is 2.31. The molecular weight excluding hydrogens is 495 g/mol. The van der Waals surface area contributed by atoms with Gasteiger partial charge in [-0.3, -0.25) is 4.99 Å². The lowest BCUT2D eigenvalue weighted by Crippen LogP contribution is -2.49. The Morgan fingerprint density at radius 1 is 1.25 bits per heavy atom. The Labute approximate surface area is 186 Å². The fraction of sp³-hybridized carbons (Fsp3) is 0.889. The molecule has 164 valence electrons. The Bertz CT molecular complexity index is 648. The molecule has 0 bridgehead atoms. The van der Waals surface area contributed by atoms with Crippen molar-refractivity contribution in [2.75, 3.05) is 31.1 Å².